The van der Waals surface area contributed by atoms with Crippen molar-refractivity contribution in [3.8, 4) is 11.5 Å². The molecule has 0 spiro atoms. The summed E-state index contributed by atoms with van der Waals surface area (Å²) in [5.41, 5.74) is 0.767. The fourth-order valence-electron chi connectivity index (χ4n) is 2.44. The molecular formula is C18H22BrNO4S. The molecule has 7 heteroatoms. The molecule has 1 saturated heterocycles. The van der Waals surface area contributed by atoms with Crippen molar-refractivity contribution in [2.24, 2.45) is 0 Å². The largest absolute Gasteiger partial charge is 0.493 e. The lowest BCUT2D eigenvalue weighted by Gasteiger charge is -2.12. The van der Waals surface area contributed by atoms with E-state index in [1.807, 2.05) is 6.92 Å². The number of carbonyl (C=O) groups excluding carboxylic acids is 2. The molecular weight excluding hydrogens is 406 g/mol. The molecule has 136 valence electrons. The van der Waals surface area contributed by atoms with Crippen molar-refractivity contribution in [2.45, 2.75) is 33.1 Å². The first-order valence-electron chi connectivity index (χ1n) is 8.27. The minimum atomic E-state index is -0.230. The van der Waals surface area contributed by atoms with Crippen molar-refractivity contribution < 1.29 is 19.1 Å². The summed E-state index contributed by atoms with van der Waals surface area (Å²) in [4.78, 5) is 26.4. The van der Waals surface area contributed by atoms with E-state index in [0.29, 0.717) is 29.6 Å². The van der Waals surface area contributed by atoms with E-state index in [4.69, 9.17) is 9.47 Å². The lowest BCUT2D eigenvalue weighted by atomic mass is 10.1. The predicted octanol–water partition coefficient (Wildman–Crippen LogP) is 5.08. The van der Waals surface area contributed by atoms with Gasteiger partial charge in [-0.25, -0.2) is 0 Å². The summed E-state index contributed by atoms with van der Waals surface area (Å²) in [5.74, 6) is 0.979. The van der Waals surface area contributed by atoms with Crippen LogP contribution in [0.4, 0.5) is 4.79 Å². The molecule has 0 bridgehead atoms. The first-order valence-corrected chi connectivity index (χ1v) is 9.88. The van der Waals surface area contributed by atoms with Crippen LogP contribution >= 0.6 is 27.7 Å². The van der Waals surface area contributed by atoms with Gasteiger partial charge in [-0.05, 0) is 48.9 Å². The van der Waals surface area contributed by atoms with Crippen LogP contribution in [-0.4, -0.2) is 36.3 Å². The molecule has 1 aromatic rings. The van der Waals surface area contributed by atoms with Gasteiger partial charge in [0.15, 0.2) is 11.5 Å². The number of hydrogen-bond donors (Lipinski definition) is 0. The number of methoxy groups -OCH3 is 1. The Labute approximate surface area is 160 Å². The number of hydrogen-bond acceptors (Lipinski definition) is 5. The Morgan fingerprint density at radius 1 is 1.20 bits per heavy atom. The maximum Gasteiger partial charge on any atom is 0.293 e. The van der Waals surface area contributed by atoms with Gasteiger partial charge in [0.2, 0.25) is 0 Å². The Kier molecular flexibility index (Phi) is 7.38. The number of halogens is 1. The van der Waals surface area contributed by atoms with Gasteiger partial charge in [-0.15, -0.1) is 0 Å². The summed E-state index contributed by atoms with van der Waals surface area (Å²) in [5, 5.41) is -0.206. The Bertz CT molecular complexity index is 690. The third-order valence-electron chi connectivity index (χ3n) is 3.73. The molecule has 5 nitrogen and oxygen atoms in total. The molecule has 1 aliphatic rings. The van der Waals surface area contributed by atoms with Crippen LogP contribution in [0.1, 0.15) is 38.7 Å². The third-order valence-corrected chi connectivity index (χ3v) is 5.32. The number of nitrogens with zero attached hydrogens (tertiary/aromatic N) is 1. The van der Waals surface area contributed by atoms with Gasteiger partial charge in [-0.2, -0.15) is 0 Å². The summed E-state index contributed by atoms with van der Waals surface area (Å²) in [6, 6.07) is 3.60. The van der Waals surface area contributed by atoms with E-state index in [0.717, 1.165) is 41.1 Å². The van der Waals surface area contributed by atoms with Crippen molar-refractivity contribution in [1.29, 1.82) is 0 Å². The van der Waals surface area contributed by atoms with Crippen LogP contribution in [0.15, 0.2) is 21.5 Å². The summed E-state index contributed by atoms with van der Waals surface area (Å²) < 4.78 is 11.7. The van der Waals surface area contributed by atoms with E-state index in [2.05, 4.69) is 22.9 Å². The molecule has 1 aliphatic heterocycles. The summed E-state index contributed by atoms with van der Waals surface area (Å²) in [7, 11) is 1.58. The number of rotatable bonds is 8. The Morgan fingerprint density at radius 3 is 2.60 bits per heavy atom. The maximum absolute atomic E-state index is 12.5. The second-order valence-electron chi connectivity index (χ2n) is 5.50. The van der Waals surface area contributed by atoms with E-state index in [1.165, 1.54) is 4.90 Å². The quantitative estimate of drug-likeness (QED) is 0.427. The Morgan fingerprint density at radius 2 is 1.96 bits per heavy atom. The van der Waals surface area contributed by atoms with Crippen LogP contribution in [0.5, 0.6) is 11.5 Å². The van der Waals surface area contributed by atoms with E-state index in [-0.39, 0.29) is 11.1 Å². The smallest absolute Gasteiger partial charge is 0.293 e. The lowest BCUT2D eigenvalue weighted by Crippen LogP contribution is -2.29. The van der Waals surface area contributed by atoms with Crippen LogP contribution in [0.3, 0.4) is 0 Å². The highest BCUT2D eigenvalue weighted by molar-refractivity contribution is 9.10. The number of benzene rings is 1. The maximum atomic E-state index is 12.5. The molecule has 0 unspecified atom stereocenters. The van der Waals surface area contributed by atoms with Gasteiger partial charge in [-0.1, -0.05) is 35.7 Å². The van der Waals surface area contributed by atoms with Gasteiger partial charge in [0.1, 0.15) is 0 Å². The summed E-state index contributed by atoms with van der Waals surface area (Å²) in [6.45, 7) is 4.96. The average Bonchev–Trinajstić information content (AvgIpc) is 2.85. The van der Waals surface area contributed by atoms with Gasteiger partial charge >= 0.3 is 0 Å². The first kappa shape index (κ1) is 19.8. The lowest BCUT2D eigenvalue weighted by molar-refractivity contribution is -0.122. The summed E-state index contributed by atoms with van der Waals surface area (Å²) >= 11 is 4.46. The second-order valence-corrected chi connectivity index (χ2v) is 7.35. The number of amides is 2. The molecule has 0 atom stereocenters. The molecule has 0 saturated carbocycles. The van der Waals surface area contributed by atoms with Crippen molar-refractivity contribution >= 4 is 44.9 Å². The van der Waals surface area contributed by atoms with Gasteiger partial charge < -0.3 is 9.47 Å². The van der Waals surface area contributed by atoms with Crippen molar-refractivity contribution in [3.63, 3.8) is 0 Å². The SMILES string of the molecule is CCCCCN1C(=O)S/C(=C\c2cc(OCC)c(OC)cc2Br)C1=O. The van der Waals surface area contributed by atoms with Crippen molar-refractivity contribution in [3.05, 3.63) is 27.1 Å². The molecule has 0 aliphatic carbocycles. The number of carbonyl (C=O) groups is 2. The minimum Gasteiger partial charge on any atom is -0.493 e. The van der Waals surface area contributed by atoms with E-state index < -0.39 is 0 Å². The zero-order valence-corrected chi connectivity index (χ0v) is 17.0. The molecule has 0 aromatic heterocycles. The number of imide groups is 1. The fourth-order valence-corrected chi connectivity index (χ4v) is 3.74. The van der Waals surface area contributed by atoms with Crippen LogP contribution in [-0.2, 0) is 4.79 Å². The minimum absolute atomic E-state index is 0.206. The van der Waals surface area contributed by atoms with Crippen LogP contribution in [0.25, 0.3) is 6.08 Å². The van der Waals surface area contributed by atoms with E-state index in [9.17, 15) is 9.59 Å². The monoisotopic (exact) mass is 427 g/mol. The topological polar surface area (TPSA) is 55.8 Å². The van der Waals surface area contributed by atoms with E-state index >= 15 is 0 Å². The second kappa shape index (κ2) is 9.29. The Balaban J connectivity index is 2.26. The molecule has 1 aromatic carbocycles. The predicted molar refractivity (Wildman–Crippen MR) is 104 cm³/mol. The molecule has 1 heterocycles. The Hall–Kier alpha value is -1.47. The molecule has 1 fully saturated rings. The molecule has 0 radical (unpaired) electrons. The normalized spacial score (nSPS) is 16.0. The first-order chi connectivity index (χ1) is 12.0. The highest BCUT2D eigenvalue weighted by Crippen LogP contribution is 2.38. The molecule has 2 rings (SSSR count). The number of ether oxygens (including phenoxy) is 2. The van der Waals surface area contributed by atoms with Gasteiger partial charge in [0, 0.05) is 11.0 Å². The molecule has 0 N–H and O–H groups in total. The van der Waals surface area contributed by atoms with Gasteiger partial charge in [0.05, 0.1) is 18.6 Å². The van der Waals surface area contributed by atoms with Gasteiger partial charge in [-0.3, -0.25) is 14.5 Å². The zero-order chi connectivity index (χ0) is 18.4. The van der Waals surface area contributed by atoms with Crippen LogP contribution in [0, 0.1) is 0 Å². The van der Waals surface area contributed by atoms with Crippen molar-refractivity contribution in [1.82, 2.24) is 4.90 Å². The highest BCUT2D eigenvalue weighted by atomic mass is 79.9. The number of unbranched alkanes of at least 4 members (excludes halogenated alkanes) is 2. The average molecular weight is 428 g/mol. The van der Waals surface area contributed by atoms with Crippen LogP contribution in [0.2, 0.25) is 0 Å². The molecule has 2 amide bonds. The standard InChI is InChI=1S/C18H22BrNO4S/c1-4-6-7-8-20-17(21)16(25-18(20)22)10-12-9-15(24-5-2)14(23-3)11-13(12)19/h9-11H,4-8H2,1-3H3/b16-10-. The molecule has 25 heavy (non-hydrogen) atoms. The van der Waals surface area contributed by atoms with Gasteiger partial charge in [0.25, 0.3) is 11.1 Å². The number of thioether (sulfide) groups is 1. The summed E-state index contributed by atoms with van der Waals surface area (Å²) in [6.07, 6.45) is 4.60. The third kappa shape index (κ3) is 4.79. The fraction of sp³-hybridized carbons (Fsp3) is 0.444. The van der Waals surface area contributed by atoms with Crippen LogP contribution < -0.4 is 9.47 Å². The zero-order valence-electron chi connectivity index (χ0n) is 14.6. The van der Waals surface area contributed by atoms with Crippen molar-refractivity contribution in [2.75, 3.05) is 20.3 Å². The highest BCUT2D eigenvalue weighted by Gasteiger charge is 2.34. The van der Waals surface area contributed by atoms with E-state index in [1.54, 1.807) is 25.3 Å².